The molecule has 0 aromatic heterocycles. The number of hydrogen-bond acceptors (Lipinski definition) is 4. The number of hydrogen-bond donors (Lipinski definition) is 2. The van der Waals surface area contributed by atoms with Gasteiger partial charge in [0.15, 0.2) is 0 Å². The molecule has 0 bridgehead atoms. The van der Waals surface area contributed by atoms with Crippen LogP contribution in [0.5, 0.6) is 11.5 Å². The van der Waals surface area contributed by atoms with E-state index in [9.17, 15) is 9.59 Å². The number of carbonyl (C=O) groups excluding carboxylic acids is 2. The highest BCUT2D eigenvalue weighted by molar-refractivity contribution is 6.00. The van der Waals surface area contributed by atoms with Crippen LogP contribution in [-0.2, 0) is 11.2 Å². The van der Waals surface area contributed by atoms with Crippen molar-refractivity contribution in [3.63, 3.8) is 0 Å². The molecule has 2 N–H and O–H groups in total. The Balaban J connectivity index is 1.66. The lowest BCUT2D eigenvalue weighted by Gasteiger charge is -2.14. The minimum atomic E-state index is -0.330. The van der Waals surface area contributed by atoms with Crippen LogP contribution in [0.15, 0.2) is 36.4 Å². The van der Waals surface area contributed by atoms with E-state index in [0.717, 1.165) is 23.3 Å². The molecule has 0 aliphatic carbocycles. The molecule has 0 spiro atoms. The maximum absolute atomic E-state index is 12.3. The fourth-order valence-electron chi connectivity index (χ4n) is 3.09. The minimum absolute atomic E-state index is 0.105. The van der Waals surface area contributed by atoms with Gasteiger partial charge in [-0.25, -0.2) is 0 Å². The Labute approximate surface area is 158 Å². The molecule has 2 aromatic rings. The number of benzene rings is 2. The summed E-state index contributed by atoms with van der Waals surface area (Å²) in [4.78, 5) is 24.6. The van der Waals surface area contributed by atoms with Gasteiger partial charge in [-0.05, 0) is 38.5 Å². The van der Waals surface area contributed by atoms with Crippen molar-refractivity contribution in [2.24, 2.45) is 0 Å². The van der Waals surface area contributed by atoms with E-state index in [0.29, 0.717) is 23.6 Å². The number of anilines is 1. The van der Waals surface area contributed by atoms with Crippen molar-refractivity contribution in [1.82, 2.24) is 5.32 Å². The normalized spacial score (nSPS) is 14.9. The maximum atomic E-state index is 12.3. The molecule has 6 nitrogen and oxygen atoms in total. The molecule has 142 valence electrons. The van der Waals surface area contributed by atoms with Gasteiger partial charge in [-0.2, -0.15) is 0 Å². The summed E-state index contributed by atoms with van der Waals surface area (Å²) < 4.78 is 11.4. The Hall–Kier alpha value is -3.02. The SMILES string of the molecule is CCOc1cc2c(cc1NC(=O)CNC(=O)c1ccccc1C)OC(C)C2. The predicted molar refractivity (Wildman–Crippen MR) is 104 cm³/mol. The molecule has 1 aliphatic rings. The number of ether oxygens (including phenoxy) is 2. The fourth-order valence-corrected chi connectivity index (χ4v) is 3.09. The van der Waals surface area contributed by atoms with Crippen LogP contribution in [0.3, 0.4) is 0 Å². The van der Waals surface area contributed by atoms with Crippen molar-refractivity contribution in [2.45, 2.75) is 33.3 Å². The zero-order chi connectivity index (χ0) is 19.4. The molecule has 0 saturated carbocycles. The monoisotopic (exact) mass is 368 g/mol. The van der Waals surface area contributed by atoms with Crippen LogP contribution >= 0.6 is 0 Å². The van der Waals surface area contributed by atoms with Crippen LogP contribution in [0.1, 0.15) is 35.3 Å². The molecule has 3 rings (SSSR count). The lowest BCUT2D eigenvalue weighted by atomic mass is 10.1. The van der Waals surface area contributed by atoms with Gasteiger partial charge in [0, 0.05) is 23.6 Å². The van der Waals surface area contributed by atoms with Crippen molar-refractivity contribution in [2.75, 3.05) is 18.5 Å². The summed E-state index contributed by atoms with van der Waals surface area (Å²) in [6.07, 6.45) is 0.921. The van der Waals surface area contributed by atoms with Gasteiger partial charge in [-0.15, -0.1) is 0 Å². The Bertz CT molecular complexity index is 863. The van der Waals surface area contributed by atoms with Gasteiger partial charge in [-0.1, -0.05) is 18.2 Å². The third-order valence-corrected chi connectivity index (χ3v) is 4.37. The lowest BCUT2D eigenvalue weighted by molar-refractivity contribution is -0.115. The summed E-state index contributed by atoms with van der Waals surface area (Å²) in [6.45, 7) is 6.10. The molecular formula is C21H24N2O4. The molecule has 2 amide bonds. The van der Waals surface area contributed by atoms with Crippen LogP contribution in [0.25, 0.3) is 0 Å². The van der Waals surface area contributed by atoms with Gasteiger partial charge < -0.3 is 20.1 Å². The Morgan fingerprint density at radius 1 is 1.26 bits per heavy atom. The van der Waals surface area contributed by atoms with Gasteiger partial charge in [0.1, 0.15) is 17.6 Å². The summed E-state index contributed by atoms with van der Waals surface area (Å²) >= 11 is 0. The van der Waals surface area contributed by atoms with Crippen molar-refractivity contribution < 1.29 is 19.1 Å². The van der Waals surface area contributed by atoms with E-state index in [4.69, 9.17) is 9.47 Å². The van der Waals surface area contributed by atoms with Gasteiger partial charge in [0.05, 0.1) is 18.8 Å². The number of nitrogens with one attached hydrogen (secondary N) is 2. The standard InChI is InChI=1S/C21H24N2O4/c1-4-26-19-10-15-9-14(3)27-18(15)11-17(19)23-20(24)12-22-21(25)16-8-6-5-7-13(16)2/h5-8,10-11,14H,4,9,12H2,1-3H3,(H,22,25)(H,23,24). The smallest absolute Gasteiger partial charge is 0.251 e. The summed E-state index contributed by atoms with van der Waals surface area (Å²) in [7, 11) is 0. The van der Waals surface area contributed by atoms with E-state index in [2.05, 4.69) is 10.6 Å². The molecule has 0 fully saturated rings. The summed E-state index contributed by atoms with van der Waals surface area (Å²) in [6, 6.07) is 10.9. The highest BCUT2D eigenvalue weighted by Gasteiger charge is 2.22. The first-order valence-electron chi connectivity index (χ1n) is 9.08. The number of fused-ring (bicyclic) bond motifs is 1. The fraction of sp³-hybridized carbons (Fsp3) is 0.333. The predicted octanol–water partition coefficient (Wildman–Crippen LogP) is 3.09. The topological polar surface area (TPSA) is 76.7 Å². The first kappa shape index (κ1) is 18.8. The van der Waals surface area contributed by atoms with Crippen molar-refractivity contribution >= 4 is 17.5 Å². The van der Waals surface area contributed by atoms with E-state index >= 15 is 0 Å². The van der Waals surface area contributed by atoms with Crippen LogP contribution < -0.4 is 20.1 Å². The Morgan fingerprint density at radius 2 is 2.04 bits per heavy atom. The van der Waals surface area contributed by atoms with E-state index in [1.807, 2.05) is 39.0 Å². The van der Waals surface area contributed by atoms with Gasteiger partial charge in [-0.3, -0.25) is 9.59 Å². The second-order valence-electron chi connectivity index (χ2n) is 6.57. The van der Waals surface area contributed by atoms with Crippen molar-refractivity contribution in [3.05, 3.63) is 53.1 Å². The third-order valence-electron chi connectivity index (χ3n) is 4.37. The summed E-state index contributed by atoms with van der Waals surface area (Å²) in [5.74, 6) is 0.751. The van der Waals surface area contributed by atoms with Crippen LogP contribution in [0.2, 0.25) is 0 Å². The molecule has 6 heteroatoms. The number of carbonyl (C=O) groups is 2. The zero-order valence-electron chi connectivity index (χ0n) is 15.8. The maximum Gasteiger partial charge on any atom is 0.251 e. The molecule has 27 heavy (non-hydrogen) atoms. The minimum Gasteiger partial charge on any atom is -0.492 e. The highest BCUT2D eigenvalue weighted by Crippen LogP contribution is 2.37. The van der Waals surface area contributed by atoms with Crippen LogP contribution in [0, 0.1) is 6.92 Å². The molecule has 1 unspecified atom stereocenters. The average molecular weight is 368 g/mol. The largest absolute Gasteiger partial charge is 0.492 e. The molecule has 1 atom stereocenters. The summed E-state index contributed by atoms with van der Waals surface area (Å²) in [5, 5.41) is 5.45. The third kappa shape index (κ3) is 4.39. The molecular weight excluding hydrogens is 344 g/mol. The average Bonchev–Trinajstić information content (AvgIpc) is 2.99. The van der Waals surface area contributed by atoms with E-state index in [-0.39, 0.29) is 24.5 Å². The van der Waals surface area contributed by atoms with Gasteiger partial charge in [0.25, 0.3) is 5.91 Å². The van der Waals surface area contributed by atoms with Crippen LogP contribution in [-0.4, -0.2) is 31.1 Å². The first-order chi connectivity index (χ1) is 13.0. The molecule has 1 aliphatic heterocycles. The number of aryl methyl sites for hydroxylation is 1. The second kappa shape index (κ2) is 8.12. The second-order valence-corrected chi connectivity index (χ2v) is 6.57. The quantitative estimate of drug-likeness (QED) is 0.821. The number of amides is 2. The molecule has 2 aromatic carbocycles. The zero-order valence-corrected chi connectivity index (χ0v) is 15.8. The molecule has 0 radical (unpaired) electrons. The van der Waals surface area contributed by atoms with E-state index < -0.39 is 0 Å². The molecule has 1 heterocycles. The molecule has 0 saturated heterocycles. The van der Waals surface area contributed by atoms with Gasteiger partial charge >= 0.3 is 0 Å². The van der Waals surface area contributed by atoms with Crippen molar-refractivity contribution in [1.29, 1.82) is 0 Å². The number of rotatable bonds is 6. The highest BCUT2D eigenvalue weighted by atomic mass is 16.5. The van der Waals surface area contributed by atoms with Gasteiger partial charge in [0.2, 0.25) is 5.91 Å². The summed E-state index contributed by atoms with van der Waals surface area (Å²) in [5.41, 5.74) is 3.02. The Morgan fingerprint density at radius 3 is 2.78 bits per heavy atom. The Kier molecular flexibility index (Phi) is 5.64. The van der Waals surface area contributed by atoms with E-state index in [1.54, 1.807) is 18.2 Å². The van der Waals surface area contributed by atoms with E-state index in [1.165, 1.54) is 0 Å². The first-order valence-corrected chi connectivity index (χ1v) is 9.08. The lowest BCUT2D eigenvalue weighted by Crippen LogP contribution is -2.33. The van der Waals surface area contributed by atoms with Crippen molar-refractivity contribution in [3.8, 4) is 11.5 Å². The van der Waals surface area contributed by atoms with Crippen LogP contribution in [0.4, 0.5) is 5.69 Å².